The fourth-order valence-electron chi connectivity index (χ4n) is 4.59. The van der Waals surface area contributed by atoms with Crippen molar-refractivity contribution in [3.05, 3.63) is 60.2 Å². The zero-order valence-electron chi connectivity index (χ0n) is 15.1. The number of pyridine rings is 1. The smallest absolute Gasteiger partial charge is 0.229 e. The zero-order chi connectivity index (χ0) is 18.1. The van der Waals surface area contributed by atoms with E-state index in [1.165, 1.54) is 6.20 Å². The molecule has 2 aliphatic heterocycles. The van der Waals surface area contributed by atoms with Gasteiger partial charge in [0.2, 0.25) is 5.91 Å². The Morgan fingerprint density at radius 2 is 1.88 bits per heavy atom. The van der Waals surface area contributed by atoms with Gasteiger partial charge in [-0.15, -0.1) is 0 Å². The number of hydrogen-bond acceptors (Lipinski definition) is 3. The van der Waals surface area contributed by atoms with E-state index >= 15 is 0 Å². The van der Waals surface area contributed by atoms with Gasteiger partial charge in [-0.2, -0.15) is 0 Å². The Hall–Kier alpha value is -2.43. The summed E-state index contributed by atoms with van der Waals surface area (Å²) in [6.45, 7) is 2.41. The zero-order valence-corrected chi connectivity index (χ0v) is 15.1. The minimum Gasteiger partial charge on any atom is -0.369 e. The Kier molecular flexibility index (Phi) is 4.39. The van der Waals surface area contributed by atoms with E-state index in [0.29, 0.717) is 5.69 Å². The normalized spacial score (nSPS) is 22.7. The Bertz CT molecular complexity index is 787. The van der Waals surface area contributed by atoms with Gasteiger partial charge in [0, 0.05) is 32.9 Å². The first-order chi connectivity index (χ1) is 12.6. The molecule has 1 atom stereocenters. The van der Waals surface area contributed by atoms with E-state index in [9.17, 15) is 9.18 Å². The van der Waals surface area contributed by atoms with Crippen molar-refractivity contribution in [1.82, 2.24) is 9.88 Å². The number of halogens is 1. The van der Waals surface area contributed by atoms with E-state index < -0.39 is 0 Å². The van der Waals surface area contributed by atoms with Crippen LogP contribution in [-0.4, -0.2) is 42.5 Å². The van der Waals surface area contributed by atoms with Crippen LogP contribution in [0.4, 0.5) is 10.1 Å². The van der Waals surface area contributed by atoms with E-state index in [4.69, 9.17) is 0 Å². The molecule has 1 spiro atoms. The minimum absolute atomic E-state index is 0.0702. The molecule has 5 heteroatoms. The van der Waals surface area contributed by atoms with Gasteiger partial charge in [0.15, 0.2) is 5.82 Å². The van der Waals surface area contributed by atoms with E-state index in [-0.39, 0.29) is 23.1 Å². The summed E-state index contributed by atoms with van der Waals surface area (Å²) in [6.07, 6.45) is 5.73. The summed E-state index contributed by atoms with van der Waals surface area (Å²) >= 11 is 0. The molecule has 2 saturated heterocycles. The summed E-state index contributed by atoms with van der Waals surface area (Å²) in [6, 6.07) is 11.8. The lowest BCUT2D eigenvalue weighted by molar-refractivity contribution is -0.138. The molecule has 1 aromatic carbocycles. The first-order valence-corrected chi connectivity index (χ1v) is 9.22. The lowest BCUT2D eigenvalue weighted by atomic mass is 9.67. The van der Waals surface area contributed by atoms with Crippen LogP contribution in [-0.2, 0) is 4.79 Å². The third kappa shape index (κ3) is 3.06. The van der Waals surface area contributed by atoms with Crippen LogP contribution in [0.1, 0.15) is 30.7 Å². The number of likely N-dealkylation sites (N-methyl/N-ethyl adjacent to an activating group) is 1. The maximum absolute atomic E-state index is 14.0. The first kappa shape index (κ1) is 17.0. The molecule has 0 saturated carbocycles. The van der Waals surface area contributed by atoms with Crippen LogP contribution < -0.4 is 4.90 Å². The molecule has 4 nitrogen and oxygen atoms in total. The molecule has 1 amide bonds. The Morgan fingerprint density at radius 1 is 1.15 bits per heavy atom. The van der Waals surface area contributed by atoms with Crippen molar-refractivity contribution in [3.8, 4) is 0 Å². The predicted molar refractivity (Wildman–Crippen MR) is 99.5 cm³/mol. The Labute approximate surface area is 153 Å². The highest BCUT2D eigenvalue weighted by atomic mass is 19.1. The van der Waals surface area contributed by atoms with Gasteiger partial charge in [0.1, 0.15) is 0 Å². The van der Waals surface area contributed by atoms with Crippen LogP contribution in [0.3, 0.4) is 0 Å². The van der Waals surface area contributed by atoms with Crippen molar-refractivity contribution < 1.29 is 9.18 Å². The molecule has 0 radical (unpaired) electrons. The number of piperidine rings is 2. The molecule has 1 aromatic heterocycles. The van der Waals surface area contributed by atoms with Crippen molar-refractivity contribution in [2.75, 3.05) is 31.6 Å². The van der Waals surface area contributed by atoms with E-state index in [1.807, 2.05) is 30.1 Å². The molecule has 26 heavy (non-hydrogen) atoms. The Balaban J connectivity index is 1.53. The van der Waals surface area contributed by atoms with Gasteiger partial charge in [-0.25, -0.2) is 4.39 Å². The number of aromatic nitrogens is 1. The van der Waals surface area contributed by atoms with Gasteiger partial charge < -0.3 is 9.80 Å². The maximum atomic E-state index is 14.0. The van der Waals surface area contributed by atoms with Crippen LogP contribution in [0.15, 0.2) is 48.8 Å². The number of nitrogens with zero attached hydrogens (tertiary/aromatic N) is 3. The summed E-state index contributed by atoms with van der Waals surface area (Å²) in [5, 5.41) is 0. The number of carbonyl (C=O) groups excluding carboxylic acids is 1. The molecule has 0 bridgehead atoms. The highest BCUT2D eigenvalue weighted by Crippen LogP contribution is 2.45. The SMILES string of the molecule is CN1CC2(CCN(c3ccncc3F)CC2)C[C@@H](c2ccccc2)C1=O. The second-order valence-electron chi connectivity index (χ2n) is 7.68. The average Bonchev–Trinajstić information content (AvgIpc) is 2.67. The third-order valence-corrected chi connectivity index (χ3v) is 6.00. The maximum Gasteiger partial charge on any atom is 0.229 e. The predicted octanol–water partition coefficient (Wildman–Crippen LogP) is 3.45. The highest BCUT2D eigenvalue weighted by Gasteiger charge is 2.45. The number of benzene rings is 1. The number of carbonyl (C=O) groups is 1. The number of amides is 1. The average molecular weight is 353 g/mol. The molecule has 2 fully saturated rings. The van der Waals surface area contributed by atoms with Crippen LogP contribution in [0, 0.1) is 11.2 Å². The summed E-state index contributed by atoms with van der Waals surface area (Å²) < 4.78 is 14.0. The van der Waals surface area contributed by atoms with Crippen LogP contribution in [0.5, 0.6) is 0 Å². The molecule has 4 rings (SSSR count). The second-order valence-corrected chi connectivity index (χ2v) is 7.68. The van der Waals surface area contributed by atoms with E-state index in [2.05, 4.69) is 22.0 Å². The molecule has 2 aromatic rings. The van der Waals surface area contributed by atoms with Crippen molar-refractivity contribution in [2.45, 2.75) is 25.2 Å². The van der Waals surface area contributed by atoms with Crippen molar-refractivity contribution in [3.63, 3.8) is 0 Å². The third-order valence-electron chi connectivity index (χ3n) is 6.00. The topological polar surface area (TPSA) is 36.4 Å². The van der Waals surface area contributed by atoms with Crippen molar-refractivity contribution >= 4 is 11.6 Å². The summed E-state index contributed by atoms with van der Waals surface area (Å²) in [5.74, 6) is -0.120. The van der Waals surface area contributed by atoms with Crippen molar-refractivity contribution in [2.24, 2.45) is 5.41 Å². The van der Waals surface area contributed by atoms with Gasteiger partial charge in [-0.3, -0.25) is 9.78 Å². The van der Waals surface area contributed by atoms with E-state index in [1.54, 1.807) is 12.3 Å². The molecule has 136 valence electrons. The fraction of sp³-hybridized carbons (Fsp3) is 0.429. The molecule has 3 heterocycles. The quantitative estimate of drug-likeness (QED) is 0.830. The summed E-state index contributed by atoms with van der Waals surface area (Å²) in [4.78, 5) is 20.6. The van der Waals surface area contributed by atoms with Gasteiger partial charge >= 0.3 is 0 Å². The molecule has 2 aliphatic rings. The first-order valence-electron chi connectivity index (χ1n) is 9.22. The lowest BCUT2D eigenvalue weighted by Gasteiger charge is -2.49. The van der Waals surface area contributed by atoms with Crippen LogP contribution in [0.2, 0.25) is 0 Å². The fourth-order valence-corrected chi connectivity index (χ4v) is 4.59. The van der Waals surface area contributed by atoms with Crippen molar-refractivity contribution in [1.29, 1.82) is 0 Å². The lowest BCUT2D eigenvalue weighted by Crippen LogP contribution is -2.52. The second kappa shape index (κ2) is 6.71. The van der Waals surface area contributed by atoms with E-state index in [0.717, 1.165) is 44.5 Å². The summed E-state index contributed by atoms with van der Waals surface area (Å²) in [7, 11) is 1.91. The number of hydrogen-bond donors (Lipinski definition) is 0. The van der Waals surface area contributed by atoms with Crippen LogP contribution in [0.25, 0.3) is 0 Å². The molecule has 0 aliphatic carbocycles. The van der Waals surface area contributed by atoms with Gasteiger partial charge in [0.05, 0.1) is 17.8 Å². The number of likely N-dealkylation sites (tertiary alicyclic amines) is 1. The summed E-state index contributed by atoms with van der Waals surface area (Å²) in [5.41, 5.74) is 1.85. The molecule has 0 unspecified atom stereocenters. The minimum atomic E-state index is -0.262. The molecular formula is C21H24FN3O. The standard InChI is InChI=1S/C21H24FN3O/c1-24-15-21(13-17(20(24)26)16-5-3-2-4-6-16)8-11-25(12-9-21)19-7-10-23-14-18(19)22/h2-7,10,14,17H,8-9,11-13,15H2,1H3/t17-/m0/s1. The number of rotatable bonds is 2. The molecule has 0 N–H and O–H groups in total. The van der Waals surface area contributed by atoms with Gasteiger partial charge in [-0.05, 0) is 36.3 Å². The number of anilines is 1. The van der Waals surface area contributed by atoms with Gasteiger partial charge in [-0.1, -0.05) is 30.3 Å². The highest BCUT2D eigenvalue weighted by molar-refractivity contribution is 5.84. The monoisotopic (exact) mass is 353 g/mol. The largest absolute Gasteiger partial charge is 0.369 e. The van der Waals surface area contributed by atoms with Crippen LogP contribution >= 0.6 is 0 Å². The Morgan fingerprint density at radius 3 is 2.58 bits per heavy atom. The molecular weight excluding hydrogens is 329 g/mol. The van der Waals surface area contributed by atoms with Gasteiger partial charge in [0.25, 0.3) is 0 Å².